The van der Waals surface area contributed by atoms with Crippen molar-refractivity contribution in [2.75, 3.05) is 13.1 Å². The first-order valence-electron chi connectivity index (χ1n) is 13.3. The van der Waals surface area contributed by atoms with Crippen molar-refractivity contribution in [1.82, 2.24) is 14.8 Å². The Kier molecular flexibility index (Phi) is 8.00. The molecule has 1 aromatic carbocycles. The molecular weight excluding hydrogens is 438 g/mol. The average molecular weight is 480 g/mol. The summed E-state index contributed by atoms with van der Waals surface area (Å²) in [6, 6.07) is 8.09. The average Bonchev–Trinajstić information content (AvgIpc) is 3.20. The summed E-state index contributed by atoms with van der Waals surface area (Å²) in [5.41, 5.74) is 4.28. The predicted octanol–water partition coefficient (Wildman–Crippen LogP) is 5.28. The second-order valence-electron chi connectivity index (χ2n) is 10.8. The summed E-state index contributed by atoms with van der Waals surface area (Å²) in [4.78, 5) is 24.8. The molecule has 1 aliphatic heterocycles. The lowest BCUT2D eigenvalue weighted by Crippen LogP contribution is -2.54. The van der Waals surface area contributed by atoms with Gasteiger partial charge in [-0.3, -0.25) is 14.5 Å². The Morgan fingerprint density at radius 3 is 2.60 bits per heavy atom. The molecule has 2 aliphatic carbocycles. The van der Waals surface area contributed by atoms with E-state index in [1.165, 1.54) is 41.3 Å². The Morgan fingerprint density at radius 1 is 1.23 bits per heavy atom. The van der Waals surface area contributed by atoms with Crippen LogP contribution in [0.5, 0.6) is 0 Å². The van der Waals surface area contributed by atoms with Crippen LogP contribution in [0.15, 0.2) is 37.1 Å². The molecule has 1 saturated carbocycles. The Labute approximate surface area is 209 Å². The molecule has 1 amide bonds. The van der Waals surface area contributed by atoms with Gasteiger partial charge >= 0.3 is 0 Å². The van der Waals surface area contributed by atoms with Crippen LogP contribution in [-0.4, -0.2) is 51.6 Å². The SMILES string of the molecule is C=CCN1C[C@H](C(=O)NC2CCCCC2)CC2c3cccc4c3c(cn4C(C)C)C[C@H]21.CC(=O)O. The molecule has 0 bridgehead atoms. The van der Waals surface area contributed by atoms with E-state index in [1.807, 2.05) is 6.08 Å². The van der Waals surface area contributed by atoms with Gasteiger partial charge in [0.15, 0.2) is 0 Å². The summed E-state index contributed by atoms with van der Waals surface area (Å²) in [6.45, 7) is 11.3. The first-order valence-corrected chi connectivity index (χ1v) is 13.3. The van der Waals surface area contributed by atoms with Crippen molar-refractivity contribution in [2.24, 2.45) is 5.92 Å². The van der Waals surface area contributed by atoms with Gasteiger partial charge in [0.05, 0.1) is 5.92 Å². The van der Waals surface area contributed by atoms with Crippen LogP contribution in [-0.2, 0) is 16.0 Å². The predicted molar refractivity (Wildman–Crippen MR) is 141 cm³/mol. The Balaban J connectivity index is 0.000000672. The van der Waals surface area contributed by atoms with E-state index in [-0.39, 0.29) is 11.8 Å². The van der Waals surface area contributed by atoms with Crippen molar-refractivity contribution in [3.05, 3.63) is 48.2 Å². The van der Waals surface area contributed by atoms with Crippen molar-refractivity contribution >= 4 is 22.8 Å². The number of fused-ring (bicyclic) bond motifs is 2. The third-order valence-corrected chi connectivity index (χ3v) is 7.97. The topological polar surface area (TPSA) is 74.6 Å². The van der Waals surface area contributed by atoms with Crippen LogP contribution in [0.25, 0.3) is 10.9 Å². The number of carbonyl (C=O) groups excluding carboxylic acids is 1. The lowest BCUT2D eigenvalue weighted by molar-refractivity contribution is -0.134. The minimum Gasteiger partial charge on any atom is -0.481 e. The van der Waals surface area contributed by atoms with Crippen LogP contribution in [0.1, 0.15) is 82.4 Å². The number of rotatable bonds is 5. The molecule has 6 nitrogen and oxygen atoms in total. The largest absolute Gasteiger partial charge is 0.481 e. The molecule has 3 atom stereocenters. The number of carboxylic acids is 1. The summed E-state index contributed by atoms with van der Waals surface area (Å²) in [5.74, 6) is -0.0840. The van der Waals surface area contributed by atoms with E-state index in [1.54, 1.807) is 0 Å². The zero-order chi connectivity index (χ0) is 25.1. The van der Waals surface area contributed by atoms with Crippen LogP contribution in [0.4, 0.5) is 0 Å². The van der Waals surface area contributed by atoms with Gasteiger partial charge in [-0.25, -0.2) is 0 Å². The number of likely N-dealkylation sites (tertiary alicyclic amines) is 1. The molecule has 1 aromatic heterocycles. The summed E-state index contributed by atoms with van der Waals surface area (Å²) in [7, 11) is 0. The van der Waals surface area contributed by atoms with Gasteiger partial charge in [0.2, 0.25) is 5.91 Å². The maximum Gasteiger partial charge on any atom is 0.300 e. The van der Waals surface area contributed by atoms with Crippen molar-refractivity contribution in [1.29, 1.82) is 0 Å². The summed E-state index contributed by atoms with van der Waals surface area (Å²) < 4.78 is 2.43. The van der Waals surface area contributed by atoms with Gasteiger partial charge in [-0.1, -0.05) is 37.5 Å². The molecular formula is C29H41N3O3. The molecule has 1 saturated heterocycles. The van der Waals surface area contributed by atoms with Crippen LogP contribution in [0.3, 0.4) is 0 Å². The van der Waals surface area contributed by atoms with Gasteiger partial charge in [-0.15, -0.1) is 6.58 Å². The van der Waals surface area contributed by atoms with Gasteiger partial charge in [0, 0.05) is 61.2 Å². The molecule has 2 heterocycles. The fourth-order valence-corrected chi connectivity index (χ4v) is 6.49. The molecule has 2 N–H and O–H groups in total. The van der Waals surface area contributed by atoms with Crippen LogP contribution >= 0.6 is 0 Å². The minimum atomic E-state index is -0.833. The number of benzene rings is 1. The minimum absolute atomic E-state index is 0.0621. The summed E-state index contributed by atoms with van der Waals surface area (Å²) in [5, 5.41) is 12.3. The second kappa shape index (κ2) is 11.0. The highest BCUT2D eigenvalue weighted by Crippen LogP contribution is 2.45. The molecule has 0 spiro atoms. The normalized spacial score (nSPS) is 24.4. The second-order valence-corrected chi connectivity index (χ2v) is 10.8. The number of nitrogens with one attached hydrogen (secondary N) is 1. The van der Waals surface area contributed by atoms with Gasteiger partial charge in [0.25, 0.3) is 5.97 Å². The van der Waals surface area contributed by atoms with Crippen LogP contribution in [0, 0.1) is 5.92 Å². The first-order chi connectivity index (χ1) is 16.8. The van der Waals surface area contributed by atoms with E-state index >= 15 is 0 Å². The number of hydrogen-bond acceptors (Lipinski definition) is 3. The smallest absolute Gasteiger partial charge is 0.300 e. The van der Waals surface area contributed by atoms with Crippen LogP contribution in [0.2, 0.25) is 0 Å². The van der Waals surface area contributed by atoms with Crippen molar-refractivity contribution in [2.45, 2.75) is 89.8 Å². The summed E-state index contributed by atoms with van der Waals surface area (Å²) >= 11 is 0. The van der Waals surface area contributed by atoms with Crippen molar-refractivity contribution in [3.63, 3.8) is 0 Å². The van der Waals surface area contributed by atoms with E-state index in [4.69, 9.17) is 9.90 Å². The fraction of sp³-hybridized carbons (Fsp3) is 0.586. The number of nitrogens with zero attached hydrogens (tertiary/aromatic N) is 2. The van der Waals surface area contributed by atoms with E-state index in [9.17, 15) is 4.79 Å². The fourth-order valence-electron chi connectivity index (χ4n) is 6.49. The molecule has 2 fully saturated rings. The molecule has 2 aromatic rings. The van der Waals surface area contributed by atoms with Gasteiger partial charge < -0.3 is 15.0 Å². The molecule has 190 valence electrons. The maximum absolute atomic E-state index is 13.3. The van der Waals surface area contributed by atoms with Crippen molar-refractivity contribution in [3.8, 4) is 0 Å². The molecule has 5 rings (SSSR count). The zero-order valence-electron chi connectivity index (χ0n) is 21.5. The number of hydrogen-bond donors (Lipinski definition) is 2. The summed E-state index contributed by atoms with van der Waals surface area (Å²) in [6.07, 6.45) is 12.5. The third kappa shape index (κ3) is 5.48. The lowest BCUT2D eigenvalue weighted by Gasteiger charge is -2.46. The Bertz CT molecular complexity index is 1060. The monoisotopic (exact) mass is 479 g/mol. The van der Waals surface area contributed by atoms with E-state index in [0.29, 0.717) is 24.0 Å². The number of amides is 1. The molecule has 1 unspecified atom stereocenters. The maximum atomic E-state index is 13.3. The Hall–Kier alpha value is -2.60. The highest BCUT2D eigenvalue weighted by Gasteiger charge is 2.43. The van der Waals surface area contributed by atoms with Gasteiger partial charge in [0.1, 0.15) is 0 Å². The zero-order valence-corrected chi connectivity index (χ0v) is 21.5. The molecule has 6 heteroatoms. The van der Waals surface area contributed by atoms with E-state index in [2.05, 4.69) is 59.6 Å². The highest BCUT2D eigenvalue weighted by atomic mass is 16.4. The number of aromatic nitrogens is 1. The molecule has 3 aliphatic rings. The van der Waals surface area contributed by atoms with E-state index in [0.717, 1.165) is 45.7 Å². The number of aliphatic carboxylic acids is 1. The quantitative estimate of drug-likeness (QED) is 0.573. The third-order valence-electron chi connectivity index (χ3n) is 7.97. The number of carboxylic acid groups (broad SMARTS) is 1. The van der Waals surface area contributed by atoms with E-state index < -0.39 is 5.97 Å². The Morgan fingerprint density at radius 2 is 1.94 bits per heavy atom. The molecule has 35 heavy (non-hydrogen) atoms. The van der Waals surface area contributed by atoms with Gasteiger partial charge in [-0.2, -0.15) is 0 Å². The van der Waals surface area contributed by atoms with Gasteiger partial charge in [-0.05, 0) is 56.7 Å². The lowest BCUT2D eigenvalue weighted by atomic mass is 9.72. The first kappa shape index (κ1) is 25.5. The highest BCUT2D eigenvalue weighted by molar-refractivity contribution is 5.89. The van der Waals surface area contributed by atoms with Crippen molar-refractivity contribution < 1.29 is 14.7 Å². The molecule has 0 radical (unpaired) electrons. The number of carbonyl (C=O) groups is 2. The standard InChI is InChI=1S/C27H37N3O.C2H4O2/c1-4-13-29-16-20(27(31)28-21-9-6-5-7-10-21)14-23-22-11-8-12-24-26(22)19(15-25(23)29)17-30(24)18(2)3;1-2(3)4/h4,8,11-12,17-18,20-21,23,25H,1,5-7,9-10,13-16H2,2-3H3,(H,28,31);1H3,(H,3,4)/t20-,23?,25-;/m1./s1. The number of piperidine rings is 1. The van der Waals surface area contributed by atoms with Crippen LogP contribution < -0.4 is 5.32 Å².